The van der Waals surface area contributed by atoms with E-state index in [0.717, 1.165) is 0 Å². The van der Waals surface area contributed by atoms with Crippen LogP contribution in [-0.2, 0) is 21.1 Å². The average Bonchev–Trinajstić information content (AvgIpc) is 2.45. The molecule has 9 heteroatoms. The molecule has 0 heterocycles. The SMILES string of the molecule is C=C(C=C(C)B(O)OC)NS(=O)(=O)c1ccc(O)cc1CCO. The molecule has 126 valence electrons. The van der Waals surface area contributed by atoms with Gasteiger partial charge in [0.15, 0.2) is 0 Å². The zero-order valence-corrected chi connectivity index (χ0v) is 13.8. The molecular weight excluding hydrogens is 321 g/mol. The average molecular weight is 341 g/mol. The first kappa shape index (κ1) is 19.2. The maximum atomic E-state index is 12.4. The van der Waals surface area contributed by atoms with Gasteiger partial charge in [-0.1, -0.05) is 6.58 Å². The van der Waals surface area contributed by atoms with E-state index in [4.69, 9.17) is 9.76 Å². The van der Waals surface area contributed by atoms with Crippen molar-refractivity contribution in [3.63, 3.8) is 0 Å². The van der Waals surface area contributed by atoms with Crippen LogP contribution in [0.1, 0.15) is 12.5 Å². The molecule has 0 unspecified atom stereocenters. The lowest BCUT2D eigenvalue weighted by Crippen LogP contribution is -2.24. The summed E-state index contributed by atoms with van der Waals surface area (Å²) in [5.41, 5.74) is 0.702. The van der Waals surface area contributed by atoms with E-state index >= 15 is 0 Å². The Hall–Kier alpha value is -1.81. The van der Waals surface area contributed by atoms with E-state index in [0.29, 0.717) is 5.47 Å². The first-order chi connectivity index (χ1) is 10.7. The summed E-state index contributed by atoms with van der Waals surface area (Å²) in [5, 5.41) is 27.9. The second-order valence-electron chi connectivity index (χ2n) is 4.87. The van der Waals surface area contributed by atoms with Gasteiger partial charge in [-0.15, -0.1) is 0 Å². The number of aliphatic hydroxyl groups is 1. The smallest absolute Gasteiger partial charge is 0.486 e. The highest BCUT2D eigenvalue weighted by molar-refractivity contribution is 7.89. The maximum absolute atomic E-state index is 12.4. The third-order valence-electron chi connectivity index (χ3n) is 2.99. The van der Waals surface area contributed by atoms with Gasteiger partial charge >= 0.3 is 7.12 Å². The van der Waals surface area contributed by atoms with E-state index in [1.165, 1.54) is 31.4 Å². The number of phenolic OH excluding ortho intramolecular Hbond substituents is 1. The van der Waals surface area contributed by atoms with Crippen LogP contribution < -0.4 is 4.72 Å². The molecule has 1 aromatic rings. The lowest BCUT2D eigenvalue weighted by Gasteiger charge is -2.13. The zero-order chi connectivity index (χ0) is 17.6. The Kier molecular flexibility index (Phi) is 6.83. The first-order valence-electron chi connectivity index (χ1n) is 6.74. The molecule has 0 aromatic heterocycles. The number of phenols is 1. The van der Waals surface area contributed by atoms with Gasteiger partial charge in [-0.2, -0.15) is 0 Å². The predicted molar refractivity (Wildman–Crippen MR) is 87.1 cm³/mol. The molecule has 0 saturated carbocycles. The zero-order valence-electron chi connectivity index (χ0n) is 13.0. The number of allylic oxidation sites excluding steroid dienone is 2. The number of rotatable bonds is 8. The fourth-order valence-corrected chi connectivity index (χ4v) is 3.20. The van der Waals surface area contributed by atoms with Crippen LogP contribution >= 0.6 is 0 Å². The number of benzene rings is 1. The Morgan fingerprint density at radius 2 is 2.13 bits per heavy atom. The molecular formula is C14H20BNO6S. The van der Waals surface area contributed by atoms with E-state index in [1.54, 1.807) is 6.92 Å². The number of sulfonamides is 1. The Morgan fingerprint density at radius 1 is 1.48 bits per heavy atom. The van der Waals surface area contributed by atoms with Crippen molar-refractivity contribution < 1.29 is 28.3 Å². The fraction of sp³-hybridized carbons (Fsp3) is 0.286. The van der Waals surface area contributed by atoms with Crippen molar-refractivity contribution in [3.8, 4) is 5.75 Å². The standard InChI is InChI=1S/C14H20BNO6S/c1-10(15(19)22-3)8-11(2)16-23(20,21)14-5-4-13(18)9-12(14)6-7-17/h4-5,8-9,16-19H,2,6-7H2,1,3H3. The molecule has 1 rings (SSSR count). The Labute approximate surface area is 136 Å². The van der Waals surface area contributed by atoms with Crippen molar-refractivity contribution in [2.45, 2.75) is 18.2 Å². The highest BCUT2D eigenvalue weighted by Gasteiger charge is 2.20. The van der Waals surface area contributed by atoms with E-state index in [9.17, 15) is 18.5 Å². The van der Waals surface area contributed by atoms with Crippen LogP contribution in [0, 0.1) is 0 Å². The third kappa shape index (κ3) is 5.40. The number of aromatic hydroxyl groups is 1. The van der Waals surface area contributed by atoms with Crippen LogP contribution in [0.2, 0.25) is 0 Å². The monoisotopic (exact) mass is 341 g/mol. The van der Waals surface area contributed by atoms with Crippen molar-refractivity contribution in [2.75, 3.05) is 13.7 Å². The summed E-state index contributed by atoms with van der Waals surface area (Å²) in [6.45, 7) is 4.89. The molecule has 1 aromatic carbocycles. The van der Waals surface area contributed by atoms with Crippen LogP contribution in [0.15, 0.2) is 46.9 Å². The second-order valence-corrected chi connectivity index (χ2v) is 6.52. The highest BCUT2D eigenvalue weighted by Crippen LogP contribution is 2.22. The molecule has 23 heavy (non-hydrogen) atoms. The molecule has 0 aliphatic rings. The summed E-state index contributed by atoms with van der Waals surface area (Å²) in [5.74, 6) is -0.0924. The molecule has 0 aliphatic carbocycles. The van der Waals surface area contributed by atoms with Crippen molar-refractivity contribution in [3.05, 3.63) is 47.6 Å². The van der Waals surface area contributed by atoms with Crippen LogP contribution in [0.4, 0.5) is 0 Å². The minimum atomic E-state index is -3.95. The van der Waals surface area contributed by atoms with Crippen molar-refractivity contribution in [1.29, 1.82) is 0 Å². The van der Waals surface area contributed by atoms with E-state index in [2.05, 4.69) is 11.3 Å². The molecule has 7 nitrogen and oxygen atoms in total. The summed E-state index contributed by atoms with van der Waals surface area (Å²) in [4.78, 5) is -0.0659. The molecule has 4 N–H and O–H groups in total. The quantitative estimate of drug-likeness (QED) is 0.400. The van der Waals surface area contributed by atoms with Gasteiger partial charge < -0.3 is 19.9 Å². The number of hydrogen-bond acceptors (Lipinski definition) is 6. The lowest BCUT2D eigenvalue weighted by atomic mass is 9.79. The van der Waals surface area contributed by atoms with Crippen molar-refractivity contribution in [1.82, 2.24) is 4.72 Å². The van der Waals surface area contributed by atoms with Gasteiger partial charge in [-0.05, 0) is 48.7 Å². The van der Waals surface area contributed by atoms with E-state index in [-0.39, 0.29) is 34.9 Å². The summed E-state index contributed by atoms with van der Waals surface area (Å²) in [6, 6.07) is 3.77. The van der Waals surface area contributed by atoms with E-state index < -0.39 is 17.1 Å². The third-order valence-corrected chi connectivity index (χ3v) is 4.50. The van der Waals surface area contributed by atoms with Gasteiger partial charge in [0.25, 0.3) is 10.0 Å². The maximum Gasteiger partial charge on any atom is 0.486 e. The molecule has 0 bridgehead atoms. The summed E-state index contributed by atoms with van der Waals surface area (Å²) in [7, 11) is -3.79. The number of aliphatic hydroxyl groups excluding tert-OH is 1. The van der Waals surface area contributed by atoms with Gasteiger partial charge in [0, 0.05) is 19.4 Å². The Balaban J connectivity index is 3.07. The Morgan fingerprint density at radius 3 is 2.70 bits per heavy atom. The first-order valence-corrected chi connectivity index (χ1v) is 8.23. The summed E-state index contributed by atoms with van der Waals surface area (Å²) < 4.78 is 31.8. The van der Waals surface area contributed by atoms with Crippen LogP contribution in [0.3, 0.4) is 0 Å². The van der Waals surface area contributed by atoms with Gasteiger partial charge in [0.2, 0.25) is 0 Å². The lowest BCUT2D eigenvalue weighted by molar-refractivity contribution is 0.298. The molecule has 0 atom stereocenters. The topological polar surface area (TPSA) is 116 Å². The van der Waals surface area contributed by atoms with Crippen LogP contribution in [0.25, 0.3) is 0 Å². The van der Waals surface area contributed by atoms with Gasteiger partial charge in [-0.3, -0.25) is 4.72 Å². The minimum Gasteiger partial charge on any atom is -0.508 e. The van der Waals surface area contributed by atoms with Crippen molar-refractivity contribution >= 4 is 17.1 Å². The van der Waals surface area contributed by atoms with E-state index in [1.807, 2.05) is 0 Å². The van der Waals surface area contributed by atoms with Crippen LogP contribution in [-0.4, -0.2) is 44.5 Å². The van der Waals surface area contributed by atoms with Crippen LogP contribution in [0.5, 0.6) is 5.75 Å². The molecule has 0 amide bonds. The van der Waals surface area contributed by atoms with Gasteiger partial charge in [0.1, 0.15) is 5.75 Å². The summed E-state index contributed by atoms with van der Waals surface area (Å²) in [6.07, 6.45) is 1.42. The predicted octanol–water partition coefficient (Wildman–Crippen LogP) is 0.331. The minimum absolute atomic E-state index is 0.0432. The van der Waals surface area contributed by atoms with Gasteiger partial charge in [-0.25, -0.2) is 8.42 Å². The van der Waals surface area contributed by atoms with Crippen molar-refractivity contribution in [2.24, 2.45) is 0 Å². The fourth-order valence-electron chi connectivity index (χ4n) is 1.93. The second kappa shape index (κ2) is 8.16. The summed E-state index contributed by atoms with van der Waals surface area (Å²) >= 11 is 0. The largest absolute Gasteiger partial charge is 0.508 e. The van der Waals surface area contributed by atoms with Gasteiger partial charge in [0.05, 0.1) is 4.90 Å². The normalized spacial score (nSPS) is 12.1. The molecule has 0 radical (unpaired) electrons. The molecule has 0 saturated heterocycles. The molecule has 0 spiro atoms. The Bertz CT molecular complexity index is 701. The number of nitrogens with one attached hydrogen (secondary N) is 1. The highest BCUT2D eigenvalue weighted by atomic mass is 32.2. The number of hydrogen-bond donors (Lipinski definition) is 4. The molecule has 0 fully saturated rings. The molecule has 0 aliphatic heterocycles.